The van der Waals surface area contributed by atoms with Gasteiger partial charge in [-0.25, -0.2) is 9.78 Å². The SMILES string of the molecule is CC(C)(C)c1cc(NC(=O)Nc2ccc(Cl)cn2)no1. The highest BCUT2D eigenvalue weighted by Crippen LogP contribution is 2.24. The standard InChI is InChI=1S/C13H15ClN4O2/c1-13(2,3)9-6-11(18-20-9)17-12(19)16-10-5-4-8(14)7-15-10/h4-7H,1-3H3,(H2,15,16,17,18,19). The molecule has 106 valence electrons. The number of nitrogens with zero attached hydrogens (tertiary/aromatic N) is 2. The summed E-state index contributed by atoms with van der Waals surface area (Å²) in [7, 11) is 0. The Morgan fingerprint density at radius 3 is 2.50 bits per heavy atom. The van der Waals surface area contributed by atoms with E-state index in [0.29, 0.717) is 22.4 Å². The van der Waals surface area contributed by atoms with Crippen molar-refractivity contribution in [1.29, 1.82) is 0 Å². The lowest BCUT2D eigenvalue weighted by atomic mass is 9.93. The number of carbonyl (C=O) groups is 1. The Bertz CT molecular complexity index is 602. The van der Waals surface area contributed by atoms with Crippen LogP contribution in [0, 0.1) is 0 Å². The molecule has 0 saturated carbocycles. The summed E-state index contributed by atoms with van der Waals surface area (Å²) in [5, 5.41) is 9.43. The minimum Gasteiger partial charge on any atom is -0.359 e. The molecule has 7 heteroatoms. The second-order valence-electron chi connectivity index (χ2n) is 5.27. The van der Waals surface area contributed by atoms with Crippen LogP contribution in [0.3, 0.4) is 0 Å². The van der Waals surface area contributed by atoms with Gasteiger partial charge in [-0.2, -0.15) is 0 Å². The summed E-state index contributed by atoms with van der Waals surface area (Å²) in [5.74, 6) is 1.44. The normalized spacial score (nSPS) is 11.2. The fourth-order valence-corrected chi connectivity index (χ4v) is 1.51. The predicted octanol–water partition coefficient (Wildman–Crippen LogP) is 3.66. The maximum Gasteiger partial charge on any atom is 0.326 e. The summed E-state index contributed by atoms with van der Waals surface area (Å²) in [4.78, 5) is 15.7. The molecule has 2 aromatic rings. The fourth-order valence-electron chi connectivity index (χ4n) is 1.40. The summed E-state index contributed by atoms with van der Waals surface area (Å²) in [6.45, 7) is 5.99. The van der Waals surface area contributed by atoms with Crippen molar-refractivity contribution in [2.24, 2.45) is 0 Å². The number of anilines is 2. The highest BCUT2D eigenvalue weighted by molar-refractivity contribution is 6.30. The van der Waals surface area contributed by atoms with Crippen LogP contribution in [0.15, 0.2) is 28.9 Å². The van der Waals surface area contributed by atoms with Crippen molar-refractivity contribution >= 4 is 29.3 Å². The number of carbonyl (C=O) groups excluding carboxylic acids is 1. The Hall–Kier alpha value is -2.08. The van der Waals surface area contributed by atoms with Crippen molar-refractivity contribution in [2.45, 2.75) is 26.2 Å². The van der Waals surface area contributed by atoms with Crippen LogP contribution in [0.25, 0.3) is 0 Å². The number of halogens is 1. The zero-order valence-electron chi connectivity index (χ0n) is 11.4. The number of hydrogen-bond acceptors (Lipinski definition) is 4. The van der Waals surface area contributed by atoms with E-state index in [1.54, 1.807) is 18.2 Å². The van der Waals surface area contributed by atoms with Crippen LogP contribution < -0.4 is 10.6 Å². The van der Waals surface area contributed by atoms with Gasteiger partial charge in [-0.3, -0.25) is 10.6 Å². The van der Waals surface area contributed by atoms with E-state index in [9.17, 15) is 4.79 Å². The second-order valence-corrected chi connectivity index (χ2v) is 5.70. The van der Waals surface area contributed by atoms with Gasteiger partial charge in [0.2, 0.25) is 0 Å². The molecular formula is C13H15ClN4O2. The molecule has 0 bridgehead atoms. The van der Waals surface area contributed by atoms with Gasteiger partial charge in [0.25, 0.3) is 0 Å². The van der Waals surface area contributed by atoms with E-state index in [-0.39, 0.29) is 5.41 Å². The zero-order chi connectivity index (χ0) is 14.8. The third-order valence-electron chi connectivity index (χ3n) is 2.46. The Morgan fingerprint density at radius 1 is 1.25 bits per heavy atom. The molecule has 0 unspecified atom stereocenters. The number of hydrogen-bond donors (Lipinski definition) is 2. The quantitative estimate of drug-likeness (QED) is 0.885. The molecule has 0 aliphatic heterocycles. The lowest BCUT2D eigenvalue weighted by molar-refractivity contribution is 0.261. The monoisotopic (exact) mass is 294 g/mol. The fraction of sp³-hybridized carbons (Fsp3) is 0.308. The summed E-state index contributed by atoms with van der Waals surface area (Å²) in [6.07, 6.45) is 1.45. The molecule has 2 heterocycles. The first-order chi connectivity index (χ1) is 9.34. The van der Waals surface area contributed by atoms with Crippen LogP contribution in [0.1, 0.15) is 26.5 Å². The van der Waals surface area contributed by atoms with Crippen LogP contribution >= 0.6 is 11.6 Å². The van der Waals surface area contributed by atoms with Crippen molar-refractivity contribution in [1.82, 2.24) is 10.1 Å². The number of urea groups is 1. The minimum atomic E-state index is -0.450. The molecule has 0 aliphatic rings. The van der Waals surface area contributed by atoms with Gasteiger partial charge < -0.3 is 4.52 Å². The van der Waals surface area contributed by atoms with Gasteiger partial charge >= 0.3 is 6.03 Å². The highest BCUT2D eigenvalue weighted by Gasteiger charge is 2.20. The lowest BCUT2D eigenvalue weighted by Crippen LogP contribution is -2.20. The number of pyridine rings is 1. The first-order valence-electron chi connectivity index (χ1n) is 6.01. The van der Waals surface area contributed by atoms with Crippen molar-refractivity contribution in [3.63, 3.8) is 0 Å². The van der Waals surface area contributed by atoms with Crippen LogP contribution in [-0.4, -0.2) is 16.2 Å². The molecule has 2 amide bonds. The Balaban J connectivity index is 1.98. The molecular weight excluding hydrogens is 280 g/mol. The summed E-state index contributed by atoms with van der Waals surface area (Å²) in [5.41, 5.74) is -0.166. The molecule has 0 aliphatic carbocycles. The average molecular weight is 295 g/mol. The molecule has 0 spiro atoms. The zero-order valence-corrected chi connectivity index (χ0v) is 12.2. The number of nitrogens with one attached hydrogen (secondary N) is 2. The van der Waals surface area contributed by atoms with Crippen molar-refractivity contribution < 1.29 is 9.32 Å². The predicted molar refractivity (Wildman–Crippen MR) is 77.1 cm³/mol. The number of rotatable bonds is 2. The molecule has 2 rings (SSSR count). The summed E-state index contributed by atoms with van der Waals surface area (Å²) in [6, 6.07) is 4.48. The van der Waals surface area contributed by atoms with Crippen molar-refractivity contribution in [3.05, 3.63) is 35.2 Å². The first kappa shape index (κ1) is 14.3. The molecule has 0 atom stereocenters. The molecule has 20 heavy (non-hydrogen) atoms. The summed E-state index contributed by atoms with van der Waals surface area (Å²) >= 11 is 5.71. The molecule has 0 fully saturated rings. The van der Waals surface area contributed by atoms with E-state index < -0.39 is 6.03 Å². The first-order valence-corrected chi connectivity index (χ1v) is 6.39. The second kappa shape index (κ2) is 5.50. The molecule has 0 saturated heterocycles. The molecule has 6 nitrogen and oxygen atoms in total. The van der Waals surface area contributed by atoms with Crippen molar-refractivity contribution in [2.75, 3.05) is 10.6 Å². The Morgan fingerprint density at radius 2 is 1.95 bits per heavy atom. The van der Waals surface area contributed by atoms with Crippen LogP contribution in [0.4, 0.5) is 16.4 Å². The third kappa shape index (κ3) is 3.71. The molecule has 0 radical (unpaired) electrons. The van der Waals surface area contributed by atoms with Crippen LogP contribution in [0.2, 0.25) is 5.02 Å². The maximum atomic E-state index is 11.7. The number of amides is 2. The molecule has 2 N–H and O–H groups in total. The van der Waals surface area contributed by atoms with E-state index in [2.05, 4.69) is 20.8 Å². The number of aromatic nitrogens is 2. The van der Waals surface area contributed by atoms with Crippen LogP contribution in [-0.2, 0) is 5.41 Å². The van der Waals surface area contributed by atoms with Crippen LogP contribution in [0.5, 0.6) is 0 Å². The van der Waals surface area contributed by atoms with E-state index in [0.717, 1.165) is 0 Å². The van der Waals surface area contributed by atoms with Gasteiger partial charge in [0.15, 0.2) is 5.82 Å². The van der Waals surface area contributed by atoms with Gasteiger partial charge in [-0.15, -0.1) is 0 Å². The summed E-state index contributed by atoms with van der Waals surface area (Å²) < 4.78 is 5.17. The highest BCUT2D eigenvalue weighted by atomic mass is 35.5. The van der Waals surface area contributed by atoms with Gasteiger partial charge in [0, 0.05) is 17.7 Å². The van der Waals surface area contributed by atoms with Crippen molar-refractivity contribution in [3.8, 4) is 0 Å². The largest absolute Gasteiger partial charge is 0.359 e. The Labute approximate surface area is 121 Å². The molecule has 2 aromatic heterocycles. The van der Waals surface area contributed by atoms with E-state index in [1.807, 2.05) is 20.8 Å². The minimum absolute atomic E-state index is 0.166. The van der Waals surface area contributed by atoms with Gasteiger partial charge in [0.05, 0.1) is 5.02 Å². The van der Waals surface area contributed by atoms with E-state index in [4.69, 9.17) is 16.1 Å². The van der Waals surface area contributed by atoms with Gasteiger partial charge in [-0.05, 0) is 12.1 Å². The van der Waals surface area contributed by atoms with Gasteiger partial charge in [-0.1, -0.05) is 37.5 Å². The van der Waals surface area contributed by atoms with E-state index in [1.165, 1.54) is 6.20 Å². The topological polar surface area (TPSA) is 80.0 Å². The molecule has 0 aromatic carbocycles. The Kier molecular flexibility index (Phi) is 3.94. The smallest absolute Gasteiger partial charge is 0.326 e. The van der Waals surface area contributed by atoms with E-state index >= 15 is 0 Å². The van der Waals surface area contributed by atoms with Gasteiger partial charge in [0.1, 0.15) is 11.6 Å². The third-order valence-corrected chi connectivity index (χ3v) is 2.68. The maximum absolute atomic E-state index is 11.7. The lowest BCUT2D eigenvalue weighted by Gasteiger charge is -2.12. The average Bonchev–Trinajstić information content (AvgIpc) is 2.80.